The van der Waals surface area contributed by atoms with Gasteiger partial charge < -0.3 is 4.57 Å². The Morgan fingerprint density at radius 3 is 2.27 bits per heavy atom. The Bertz CT molecular complexity index is 1990. The van der Waals surface area contributed by atoms with Gasteiger partial charge in [-0.25, -0.2) is 4.98 Å². The fourth-order valence-corrected chi connectivity index (χ4v) is 6.01. The molecule has 0 amide bonds. The van der Waals surface area contributed by atoms with Gasteiger partial charge in [0.1, 0.15) is 5.82 Å². The van der Waals surface area contributed by atoms with Crippen molar-refractivity contribution in [1.29, 1.82) is 0 Å². The van der Waals surface area contributed by atoms with Gasteiger partial charge in [0.25, 0.3) is 0 Å². The highest BCUT2D eigenvalue weighted by atomic mass is 15.2. The molecule has 1 aliphatic heterocycles. The molecule has 3 heterocycles. The Balaban J connectivity index is 1.55. The summed E-state index contributed by atoms with van der Waals surface area (Å²) < 4.78 is 2.38. The average molecular weight is 474 g/mol. The molecule has 174 valence electrons. The Morgan fingerprint density at radius 1 is 0.595 bits per heavy atom. The van der Waals surface area contributed by atoms with Gasteiger partial charge in [-0.1, -0.05) is 66.7 Å². The minimum Gasteiger partial charge on any atom is -0.309 e. The van der Waals surface area contributed by atoms with Crippen LogP contribution in [0.3, 0.4) is 0 Å². The first-order chi connectivity index (χ1) is 18.3. The number of nitrogens with zero attached hydrogens (tertiary/aromatic N) is 3. The van der Waals surface area contributed by atoms with Crippen LogP contribution in [0.4, 0.5) is 17.2 Å². The smallest absolute Gasteiger partial charge is 0.137 e. The van der Waals surface area contributed by atoms with E-state index in [4.69, 9.17) is 4.98 Å². The molecule has 0 saturated carbocycles. The molecule has 0 saturated heterocycles. The summed E-state index contributed by atoms with van der Waals surface area (Å²) in [5.41, 5.74) is 9.57. The molecule has 5 aromatic carbocycles. The lowest BCUT2D eigenvalue weighted by molar-refractivity contribution is 1.16. The summed E-state index contributed by atoms with van der Waals surface area (Å²) in [6.07, 6.45) is 1.91. The third-order valence-electron chi connectivity index (χ3n) is 7.59. The van der Waals surface area contributed by atoms with Crippen molar-refractivity contribution in [3.05, 3.63) is 127 Å². The molecule has 2 aromatic heterocycles. The molecule has 0 bridgehead atoms. The van der Waals surface area contributed by atoms with E-state index in [9.17, 15) is 0 Å². The number of fused-ring (bicyclic) bond motifs is 5. The predicted molar refractivity (Wildman–Crippen MR) is 154 cm³/mol. The number of benzene rings is 5. The van der Waals surface area contributed by atoms with Gasteiger partial charge in [0.05, 0.1) is 22.4 Å². The largest absolute Gasteiger partial charge is 0.309 e. The van der Waals surface area contributed by atoms with E-state index in [1.54, 1.807) is 0 Å². The van der Waals surface area contributed by atoms with E-state index in [2.05, 4.69) is 132 Å². The van der Waals surface area contributed by atoms with E-state index in [0.29, 0.717) is 0 Å². The summed E-state index contributed by atoms with van der Waals surface area (Å²) in [6, 6.07) is 41.5. The van der Waals surface area contributed by atoms with Gasteiger partial charge in [-0.15, -0.1) is 0 Å². The predicted octanol–water partition coefficient (Wildman–Crippen LogP) is 9.09. The van der Waals surface area contributed by atoms with Crippen molar-refractivity contribution < 1.29 is 0 Å². The first-order valence-electron chi connectivity index (χ1n) is 12.7. The molecule has 0 fully saturated rings. The molecule has 0 spiro atoms. The molecule has 0 N–H and O–H groups in total. The summed E-state index contributed by atoms with van der Waals surface area (Å²) in [5.74, 6) is 0.935. The SMILES string of the molecule is Cc1ccnc(N2c3cc4c(cc3-c3cccc5cccc2c35)c2ccccc2n4-c2ccccc2)c1. The molecule has 0 unspecified atom stereocenters. The van der Waals surface area contributed by atoms with Crippen LogP contribution in [0.2, 0.25) is 0 Å². The fourth-order valence-electron chi connectivity index (χ4n) is 6.01. The van der Waals surface area contributed by atoms with Crippen LogP contribution in [0.1, 0.15) is 5.56 Å². The maximum absolute atomic E-state index is 4.84. The molecular weight excluding hydrogens is 450 g/mol. The van der Waals surface area contributed by atoms with Crippen LogP contribution < -0.4 is 4.90 Å². The van der Waals surface area contributed by atoms with Gasteiger partial charge in [0, 0.05) is 33.6 Å². The molecule has 3 heteroatoms. The minimum atomic E-state index is 0.935. The Labute approximate surface area is 214 Å². The molecule has 0 radical (unpaired) electrons. The molecular formula is C34H23N3. The minimum absolute atomic E-state index is 0.935. The lowest BCUT2D eigenvalue weighted by atomic mass is 9.90. The lowest BCUT2D eigenvalue weighted by Crippen LogP contribution is -2.16. The summed E-state index contributed by atoms with van der Waals surface area (Å²) in [6.45, 7) is 2.13. The maximum atomic E-state index is 4.84. The van der Waals surface area contributed by atoms with Gasteiger partial charge in [0.2, 0.25) is 0 Å². The van der Waals surface area contributed by atoms with E-state index in [-0.39, 0.29) is 0 Å². The van der Waals surface area contributed by atoms with Gasteiger partial charge in [-0.05, 0) is 72.0 Å². The number of para-hydroxylation sites is 2. The van der Waals surface area contributed by atoms with Crippen LogP contribution in [0.5, 0.6) is 0 Å². The second-order valence-corrected chi connectivity index (χ2v) is 9.78. The first-order valence-corrected chi connectivity index (χ1v) is 12.7. The Morgan fingerprint density at radius 2 is 1.41 bits per heavy atom. The van der Waals surface area contributed by atoms with Gasteiger partial charge in [-0.3, -0.25) is 4.90 Å². The Kier molecular flexibility index (Phi) is 4.15. The van der Waals surface area contributed by atoms with E-state index in [1.165, 1.54) is 55.0 Å². The number of rotatable bonds is 2. The molecule has 0 atom stereocenters. The summed E-state index contributed by atoms with van der Waals surface area (Å²) in [5, 5.41) is 5.03. The van der Waals surface area contributed by atoms with Crippen molar-refractivity contribution in [3.63, 3.8) is 0 Å². The van der Waals surface area contributed by atoms with E-state index < -0.39 is 0 Å². The molecule has 3 nitrogen and oxygen atoms in total. The number of hydrogen-bond donors (Lipinski definition) is 0. The molecule has 7 aromatic rings. The normalized spacial score (nSPS) is 12.4. The van der Waals surface area contributed by atoms with E-state index in [0.717, 1.165) is 17.2 Å². The average Bonchev–Trinajstić information content (AvgIpc) is 3.26. The second kappa shape index (κ2) is 7.55. The molecule has 1 aliphatic rings. The number of pyridine rings is 1. The van der Waals surface area contributed by atoms with Crippen LogP contribution in [0.25, 0.3) is 49.4 Å². The van der Waals surface area contributed by atoms with Gasteiger partial charge in [-0.2, -0.15) is 0 Å². The highest BCUT2D eigenvalue weighted by molar-refractivity contribution is 6.18. The molecule has 8 rings (SSSR count). The topological polar surface area (TPSA) is 21.1 Å². The summed E-state index contributed by atoms with van der Waals surface area (Å²) >= 11 is 0. The fraction of sp³-hybridized carbons (Fsp3) is 0.0294. The number of hydrogen-bond acceptors (Lipinski definition) is 2. The lowest BCUT2D eigenvalue weighted by Gasteiger charge is -2.33. The third-order valence-corrected chi connectivity index (χ3v) is 7.59. The number of aromatic nitrogens is 2. The van der Waals surface area contributed by atoms with Crippen molar-refractivity contribution >= 4 is 49.8 Å². The highest BCUT2D eigenvalue weighted by Gasteiger charge is 2.28. The van der Waals surface area contributed by atoms with Crippen molar-refractivity contribution in [3.8, 4) is 16.8 Å². The maximum Gasteiger partial charge on any atom is 0.137 e. The highest BCUT2D eigenvalue weighted by Crippen LogP contribution is 2.52. The van der Waals surface area contributed by atoms with Crippen LogP contribution in [0, 0.1) is 6.92 Å². The van der Waals surface area contributed by atoms with Gasteiger partial charge >= 0.3 is 0 Å². The second-order valence-electron chi connectivity index (χ2n) is 9.78. The van der Waals surface area contributed by atoms with Crippen LogP contribution in [-0.4, -0.2) is 9.55 Å². The van der Waals surface area contributed by atoms with Crippen LogP contribution in [0.15, 0.2) is 121 Å². The van der Waals surface area contributed by atoms with Crippen LogP contribution in [-0.2, 0) is 0 Å². The van der Waals surface area contributed by atoms with Gasteiger partial charge in [0.15, 0.2) is 0 Å². The summed E-state index contributed by atoms with van der Waals surface area (Å²) in [7, 11) is 0. The Hall–Kier alpha value is -4.89. The molecule has 0 aliphatic carbocycles. The zero-order valence-corrected chi connectivity index (χ0v) is 20.4. The van der Waals surface area contributed by atoms with Crippen molar-refractivity contribution in [2.45, 2.75) is 6.92 Å². The molecule has 37 heavy (non-hydrogen) atoms. The monoisotopic (exact) mass is 473 g/mol. The van der Waals surface area contributed by atoms with Crippen molar-refractivity contribution in [2.24, 2.45) is 0 Å². The van der Waals surface area contributed by atoms with Crippen LogP contribution >= 0.6 is 0 Å². The number of aryl methyl sites for hydroxylation is 1. The standard InChI is InChI=1S/C34H23N3/c1-22-17-18-35-33(19-22)37-30-16-8-10-23-9-7-14-26(34(23)30)28-20-27-25-13-5-6-15-29(25)36(31(27)21-32(28)37)24-11-3-2-4-12-24/h2-21H,1H3. The third kappa shape index (κ3) is 2.85. The quantitative estimate of drug-likeness (QED) is 0.250. The zero-order chi connectivity index (χ0) is 24.5. The van der Waals surface area contributed by atoms with Crippen molar-refractivity contribution in [2.75, 3.05) is 4.90 Å². The summed E-state index contributed by atoms with van der Waals surface area (Å²) in [4.78, 5) is 7.18. The zero-order valence-electron chi connectivity index (χ0n) is 20.4. The van der Waals surface area contributed by atoms with E-state index in [1.807, 2.05) is 6.20 Å². The van der Waals surface area contributed by atoms with E-state index >= 15 is 0 Å². The first kappa shape index (κ1) is 20.3. The number of anilines is 3. The van der Waals surface area contributed by atoms with Crippen molar-refractivity contribution in [1.82, 2.24) is 9.55 Å².